The van der Waals surface area contributed by atoms with E-state index in [0.29, 0.717) is 37.3 Å². The van der Waals surface area contributed by atoms with E-state index in [-0.39, 0.29) is 17.7 Å². The highest BCUT2D eigenvalue weighted by Gasteiger charge is 2.33. The van der Waals surface area contributed by atoms with Crippen molar-refractivity contribution in [1.82, 2.24) is 15.2 Å². The van der Waals surface area contributed by atoms with Crippen molar-refractivity contribution in [3.05, 3.63) is 65.5 Å². The molecule has 1 aromatic heterocycles. The molecule has 1 aliphatic heterocycles. The number of piperidine rings is 1. The van der Waals surface area contributed by atoms with Crippen LogP contribution in [-0.4, -0.2) is 41.3 Å². The quantitative estimate of drug-likeness (QED) is 0.740. The highest BCUT2D eigenvalue weighted by molar-refractivity contribution is 5.92. The molecule has 2 heterocycles. The molecule has 3 rings (SSSR count). The Kier molecular flexibility index (Phi) is 7.30. The number of amides is 2. The van der Waals surface area contributed by atoms with Gasteiger partial charge in [0.25, 0.3) is 5.91 Å². The number of nitrogens with one attached hydrogen (secondary N) is 1. The summed E-state index contributed by atoms with van der Waals surface area (Å²) in [5, 5.41) is 2.88. The second-order valence-corrected chi connectivity index (χ2v) is 7.78. The van der Waals surface area contributed by atoms with E-state index in [4.69, 9.17) is 0 Å². The Bertz CT molecular complexity index is 894. The fourth-order valence-electron chi connectivity index (χ4n) is 3.89. The molecule has 0 saturated carbocycles. The minimum Gasteiger partial charge on any atom is -0.350 e. The third-order valence-corrected chi connectivity index (χ3v) is 5.70. The maximum absolute atomic E-state index is 13.0. The molecule has 5 nitrogen and oxygen atoms in total. The minimum atomic E-state index is -4.44. The molecule has 2 amide bonds. The first-order valence-corrected chi connectivity index (χ1v) is 10.4. The highest BCUT2D eigenvalue weighted by atomic mass is 19.4. The van der Waals surface area contributed by atoms with Gasteiger partial charge in [0.15, 0.2) is 0 Å². The zero-order valence-electron chi connectivity index (χ0n) is 17.4. The molecule has 1 N–H and O–H groups in total. The third-order valence-electron chi connectivity index (χ3n) is 5.70. The van der Waals surface area contributed by atoms with Crippen LogP contribution in [0.2, 0.25) is 0 Å². The summed E-state index contributed by atoms with van der Waals surface area (Å²) in [4.78, 5) is 30.9. The summed E-state index contributed by atoms with van der Waals surface area (Å²) >= 11 is 0. The zero-order valence-corrected chi connectivity index (χ0v) is 17.4. The van der Waals surface area contributed by atoms with E-state index >= 15 is 0 Å². The number of alkyl halides is 3. The van der Waals surface area contributed by atoms with Gasteiger partial charge in [0.2, 0.25) is 5.91 Å². The van der Waals surface area contributed by atoms with Gasteiger partial charge in [-0.1, -0.05) is 31.2 Å². The molecule has 0 bridgehead atoms. The van der Waals surface area contributed by atoms with Crippen LogP contribution in [0.4, 0.5) is 13.2 Å². The van der Waals surface area contributed by atoms with E-state index in [1.807, 2.05) is 6.92 Å². The number of carbonyl (C=O) groups is 2. The van der Waals surface area contributed by atoms with Crippen LogP contribution in [0.1, 0.15) is 53.7 Å². The Labute approximate surface area is 179 Å². The normalized spacial score (nSPS) is 16.1. The lowest BCUT2D eigenvalue weighted by Crippen LogP contribution is -2.43. The van der Waals surface area contributed by atoms with Gasteiger partial charge in [0, 0.05) is 25.8 Å². The molecule has 0 aliphatic carbocycles. The van der Waals surface area contributed by atoms with Gasteiger partial charge in [-0.15, -0.1) is 0 Å². The molecule has 1 unspecified atom stereocenters. The van der Waals surface area contributed by atoms with Crippen molar-refractivity contribution < 1.29 is 22.8 Å². The van der Waals surface area contributed by atoms with Gasteiger partial charge in [-0.05, 0) is 48.9 Å². The second kappa shape index (κ2) is 9.94. The summed E-state index contributed by atoms with van der Waals surface area (Å²) in [5.74, 6) is -0.722. The van der Waals surface area contributed by atoms with Crippen LogP contribution >= 0.6 is 0 Å². The summed E-state index contributed by atoms with van der Waals surface area (Å²) < 4.78 is 39.1. The predicted octanol–water partition coefficient (Wildman–Crippen LogP) is 4.26. The number of hydrogen-bond donors (Lipinski definition) is 1. The van der Waals surface area contributed by atoms with Crippen LogP contribution < -0.4 is 5.32 Å². The van der Waals surface area contributed by atoms with E-state index in [1.165, 1.54) is 6.07 Å². The Morgan fingerprint density at radius 2 is 1.90 bits per heavy atom. The molecule has 0 radical (unpaired) electrons. The largest absolute Gasteiger partial charge is 0.416 e. The van der Waals surface area contributed by atoms with Crippen molar-refractivity contribution >= 4 is 11.8 Å². The minimum absolute atomic E-state index is 0.141. The van der Waals surface area contributed by atoms with Gasteiger partial charge in [-0.25, -0.2) is 0 Å². The number of halogens is 3. The molecular formula is C23H26F3N3O2. The molecule has 8 heteroatoms. The summed E-state index contributed by atoms with van der Waals surface area (Å²) in [5.41, 5.74) is 0.0210. The summed E-state index contributed by atoms with van der Waals surface area (Å²) in [6, 6.07) is 10.2. The highest BCUT2D eigenvalue weighted by Crippen LogP contribution is 2.33. The van der Waals surface area contributed by atoms with Crippen molar-refractivity contribution in [2.45, 2.75) is 38.3 Å². The van der Waals surface area contributed by atoms with Gasteiger partial charge in [0.1, 0.15) is 5.69 Å². The van der Waals surface area contributed by atoms with Crippen molar-refractivity contribution in [3.63, 3.8) is 0 Å². The van der Waals surface area contributed by atoms with Crippen molar-refractivity contribution in [2.24, 2.45) is 5.92 Å². The number of benzene rings is 1. The molecule has 1 aliphatic rings. The van der Waals surface area contributed by atoms with Crippen LogP contribution in [-0.2, 0) is 11.0 Å². The molecule has 1 aromatic carbocycles. The Hall–Kier alpha value is -2.90. The number of rotatable bonds is 6. The topological polar surface area (TPSA) is 62.3 Å². The number of nitrogens with zero attached hydrogens (tertiary/aromatic N) is 2. The standard InChI is InChI=1S/C23H26F3N3O2/c1-2-19(17-6-5-7-18(14-17)23(24,25)26)22(31)29-12-9-16(10-13-29)15-28-21(30)20-8-3-4-11-27-20/h3-8,11,14,16,19H,2,9-10,12-13,15H2,1H3,(H,28,30). The van der Waals surface area contributed by atoms with Gasteiger partial charge >= 0.3 is 6.18 Å². The molecule has 1 saturated heterocycles. The van der Waals surface area contributed by atoms with E-state index in [1.54, 1.807) is 35.4 Å². The molecule has 31 heavy (non-hydrogen) atoms. The predicted molar refractivity (Wildman–Crippen MR) is 110 cm³/mol. The van der Waals surface area contributed by atoms with E-state index in [2.05, 4.69) is 10.3 Å². The zero-order chi connectivity index (χ0) is 22.4. The lowest BCUT2D eigenvalue weighted by atomic mass is 9.91. The molecule has 0 spiro atoms. The fraction of sp³-hybridized carbons (Fsp3) is 0.435. The molecule has 2 aromatic rings. The molecule has 1 atom stereocenters. The SMILES string of the molecule is CCC(C(=O)N1CCC(CNC(=O)c2ccccn2)CC1)c1cccc(C(F)(F)F)c1. The van der Waals surface area contributed by atoms with Gasteiger partial charge in [-0.3, -0.25) is 14.6 Å². The van der Waals surface area contributed by atoms with Crippen LogP contribution in [0.25, 0.3) is 0 Å². The fourth-order valence-corrected chi connectivity index (χ4v) is 3.89. The first-order chi connectivity index (χ1) is 14.8. The lowest BCUT2D eigenvalue weighted by molar-refractivity contribution is -0.138. The van der Waals surface area contributed by atoms with Crippen LogP contribution in [0, 0.1) is 5.92 Å². The first kappa shape index (κ1) is 22.8. The third kappa shape index (κ3) is 5.83. The molecule has 166 valence electrons. The van der Waals surface area contributed by atoms with Crippen LogP contribution in [0.15, 0.2) is 48.7 Å². The van der Waals surface area contributed by atoms with Crippen molar-refractivity contribution in [1.29, 1.82) is 0 Å². The van der Waals surface area contributed by atoms with Crippen LogP contribution in [0.3, 0.4) is 0 Å². The summed E-state index contributed by atoms with van der Waals surface area (Å²) in [6.45, 7) is 3.36. The average molecular weight is 433 g/mol. The van der Waals surface area contributed by atoms with Crippen LogP contribution in [0.5, 0.6) is 0 Å². The molecule has 1 fully saturated rings. The Morgan fingerprint density at radius 3 is 2.52 bits per heavy atom. The van der Waals surface area contributed by atoms with E-state index < -0.39 is 17.7 Å². The van der Waals surface area contributed by atoms with Crippen molar-refractivity contribution in [3.8, 4) is 0 Å². The Balaban J connectivity index is 1.55. The maximum Gasteiger partial charge on any atom is 0.416 e. The van der Waals surface area contributed by atoms with E-state index in [0.717, 1.165) is 25.0 Å². The second-order valence-electron chi connectivity index (χ2n) is 7.78. The number of aromatic nitrogens is 1. The average Bonchev–Trinajstić information content (AvgIpc) is 2.78. The number of pyridine rings is 1. The Morgan fingerprint density at radius 1 is 1.16 bits per heavy atom. The monoisotopic (exact) mass is 433 g/mol. The number of carbonyl (C=O) groups excluding carboxylic acids is 2. The summed E-state index contributed by atoms with van der Waals surface area (Å²) in [6.07, 6.45) is -0.982. The van der Waals surface area contributed by atoms with Crippen molar-refractivity contribution in [2.75, 3.05) is 19.6 Å². The smallest absolute Gasteiger partial charge is 0.350 e. The van der Waals surface area contributed by atoms with Gasteiger partial charge in [-0.2, -0.15) is 13.2 Å². The van der Waals surface area contributed by atoms with E-state index in [9.17, 15) is 22.8 Å². The number of hydrogen-bond acceptors (Lipinski definition) is 3. The van der Waals surface area contributed by atoms with Gasteiger partial charge in [0.05, 0.1) is 11.5 Å². The summed E-state index contributed by atoms with van der Waals surface area (Å²) in [7, 11) is 0. The van der Waals surface area contributed by atoms with Gasteiger partial charge < -0.3 is 10.2 Å². The number of likely N-dealkylation sites (tertiary alicyclic amines) is 1. The first-order valence-electron chi connectivity index (χ1n) is 10.4. The lowest BCUT2D eigenvalue weighted by Gasteiger charge is -2.34. The maximum atomic E-state index is 13.0. The molecular weight excluding hydrogens is 407 g/mol.